The molecule has 1 aliphatic carbocycles. The summed E-state index contributed by atoms with van der Waals surface area (Å²) in [7, 11) is 2.13. The summed E-state index contributed by atoms with van der Waals surface area (Å²) in [6.45, 7) is 12.1. The van der Waals surface area contributed by atoms with Crippen LogP contribution >= 0.6 is 11.6 Å². The summed E-state index contributed by atoms with van der Waals surface area (Å²) in [4.78, 5) is 39.1. The van der Waals surface area contributed by atoms with Crippen LogP contribution in [-0.2, 0) is 28.9 Å². The fourth-order valence-electron chi connectivity index (χ4n) is 5.38. The van der Waals surface area contributed by atoms with Crippen LogP contribution < -0.4 is 15.5 Å². The van der Waals surface area contributed by atoms with Crippen molar-refractivity contribution in [3.63, 3.8) is 0 Å². The molecule has 12 nitrogen and oxygen atoms in total. The summed E-state index contributed by atoms with van der Waals surface area (Å²) in [6, 6.07) is 5.90. The maximum atomic E-state index is 13.1. The highest BCUT2D eigenvalue weighted by molar-refractivity contribution is 6.33. The number of likely N-dealkylation sites (N-methyl/N-ethyl adjacent to an activating group) is 1. The van der Waals surface area contributed by atoms with E-state index in [9.17, 15) is 9.59 Å². The predicted molar refractivity (Wildman–Crippen MR) is 170 cm³/mol. The lowest BCUT2D eigenvalue weighted by Gasteiger charge is -2.34. The minimum Gasteiger partial charge on any atom is -0.461 e. The first-order chi connectivity index (χ1) is 21.0. The number of hydrogen-bond donors (Lipinski definition) is 2. The monoisotopic (exact) mass is 624 g/mol. The van der Waals surface area contributed by atoms with Gasteiger partial charge in [-0.25, -0.2) is 19.6 Å². The van der Waals surface area contributed by atoms with Crippen molar-refractivity contribution in [3.05, 3.63) is 46.2 Å². The number of anilines is 3. The van der Waals surface area contributed by atoms with Gasteiger partial charge in [0.15, 0.2) is 0 Å². The summed E-state index contributed by atoms with van der Waals surface area (Å²) >= 11 is 6.70. The summed E-state index contributed by atoms with van der Waals surface area (Å²) in [6.07, 6.45) is 3.16. The smallest absolute Gasteiger partial charge is 0.407 e. The maximum absolute atomic E-state index is 13.1. The number of esters is 1. The highest BCUT2D eigenvalue weighted by Crippen LogP contribution is 2.35. The van der Waals surface area contributed by atoms with E-state index in [2.05, 4.69) is 32.5 Å². The first-order valence-electron chi connectivity index (χ1n) is 15.1. The molecule has 2 aromatic heterocycles. The van der Waals surface area contributed by atoms with Gasteiger partial charge in [0.1, 0.15) is 17.0 Å². The molecular formula is C31H41ClN8O4. The molecule has 3 aromatic rings. The molecule has 5 rings (SSSR count). The Morgan fingerprint density at radius 2 is 1.86 bits per heavy atom. The molecule has 3 heterocycles. The number of aromatic nitrogens is 4. The molecule has 0 radical (unpaired) electrons. The van der Waals surface area contributed by atoms with Crippen molar-refractivity contribution in [2.75, 3.05) is 56.6 Å². The van der Waals surface area contributed by atoms with Crippen molar-refractivity contribution < 1.29 is 19.1 Å². The number of halogens is 1. The van der Waals surface area contributed by atoms with E-state index >= 15 is 0 Å². The van der Waals surface area contributed by atoms with Crippen LogP contribution in [-0.4, -0.2) is 88.7 Å². The number of nitrogens with one attached hydrogen (secondary N) is 2. The quantitative estimate of drug-likeness (QED) is 0.256. The second kappa shape index (κ2) is 13.4. The third kappa shape index (κ3) is 7.41. The average Bonchev–Trinajstić information content (AvgIpc) is 3.34. The zero-order valence-corrected chi connectivity index (χ0v) is 26.8. The number of aryl methyl sites for hydroxylation is 2. The Balaban J connectivity index is 1.34. The number of benzene rings is 1. The van der Waals surface area contributed by atoms with Crippen LogP contribution in [0.4, 0.5) is 22.1 Å². The van der Waals surface area contributed by atoms with Gasteiger partial charge in [-0.05, 0) is 77.8 Å². The van der Waals surface area contributed by atoms with Crippen LogP contribution in [0.25, 0.3) is 11.4 Å². The molecule has 44 heavy (non-hydrogen) atoms. The summed E-state index contributed by atoms with van der Waals surface area (Å²) in [5, 5.41) is 11.5. The van der Waals surface area contributed by atoms with E-state index in [0.717, 1.165) is 48.7 Å². The Morgan fingerprint density at radius 1 is 1.09 bits per heavy atom. The number of nitrogens with zero attached hydrogens (tertiary/aromatic N) is 6. The number of hydrogen-bond acceptors (Lipinski definition) is 10. The molecule has 1 fully saturated rings. The van der Waals surface area contributed by atoms with Crippen LogP contribution in [0.5, 0.6) is 0 Å². The minimum absolute atomic E-state index is 0.252. The van der Waals surface area contributed by atoms with Gasteiger partial charge in [0.25, 0.3) is 0 Å². The van der Waals surface area contributed by atoms with Gasteiger partial charge in [-0.3, -0.25) is 4.68 Å². The number of piperazine rings is 1. The zero-order chi connectivity index (χ0) is 31.4. The standard InChI is InChI=1S/C31H41ClN8O4/c1-6-43-28(41)27-22-10-8-20-19-34-29(35-21-9-11-24(23(32)18-21)39-16-14-38(5)15-17-39)36-25(20)26(22)37-40(27)13-7-12-33-30(42)44-31(2,3)4/h9,11,18-19H,6-8,10,12-17H2,1-5H3,(H,33,42)(H,34,35,36). The second-order valence-corrected chi connectivity index (χ2v) is 12.5. The minimum atomic E-state index is -0.578. The second-order valence-electron chi connectivity index (χ2n) is 12.1. The molecule has 1 aromatic carbocycles. The van der Waals surface area contributed by atoms with Crippen LogP contribution in [0.3, 0.4) is 0 Å². The Kier molecular flexibility index (Phi) is 9.59. The Labute approximate surface area is 263 Å². The Morgan fingerprint density at radius 3 is 2.57 bits per heavy atom. The molecule has 0 bridgehead atoms. The van der Waals surface area contributed by atoms with Crippen molar-refractivity contribution in [3.8, 4) is 11.4 Å². The lowest BCUT2D eigenvalue weighted by Crippen LogP contribution is -2.44. The first-order valence-corrected chi connectivity index (χ1v) is 15.5. The highest BCUT2D eigenvalue weighted by atomic mass is 35.5. The number of carbonyl (C=O) groups is 2. The zero-order valence-electron chi connectivity index (χ0n) is 26.1. The van der Waals surface area contributed by atoms with E-state index in [-0.39, 0.29) is 6.61 Å². The van der Waals surface area contributed by atoms with Gasteiger partial charge in [-0.1, -0.05) is 11.6 Å². The van der Waals surface area contributed by atoms with E-state index in [1.54, 1.807) is 11.6 Å². The fraction of sp³-hybridized carbons (Fsp3) is 0.516. The molecule has 2 N–H and O–H groups in total. The number of alkyl carbamates (subject to hydrolysis) is 1. The highest BCUT2D eigenvalue weighted by Gasteiger charge is 2.30. The summed E-state index contributed by atoms with van der Waals surface area (Å²) in [5.41, 5.74) is 4.72. The van der Waals surface area contributed by atoms with Crippen LogP contribution in [0.2, 0.25) is 5.02 Å². The molecular weight excluding hydrogens is 584 g/mol. The normalized spacial score (nSPS) is 14.9. The van der Waals surface area contributed by atoms with Gasteiger partial charge in [0, 0.05) is 56.7 Å². The van der Waals surface area contributed by atoms with E-state index in [4.69, 9.17) is 31.2 Å². The SMILES string of the molecule is CCOC(=O)c1c2c(nn1CCCNC(=O)OC(C)(C)C)-c1nc(Nc3ccc(N4CCN(C)CC4)c(Cl)c3)ncc1CC2. The van der Waals surface area contributed by atoms with Crippen LogP contribution in [0, 0.1) is 0 Å². The first kappa shape index (κ1) is 31.5. The van der Waals surface area contributed by atoms with Crippen molar-refractivity contribution in [1.29, 1.82) is 0 Å². The molecule has 13 heteroatoms. The average molecular weight is 625 g/mol. The van der Waals surface area contributed by atoms with Crippen molar-refractivity contribution in [2.45, 2.75) is 59.1 Å². The van der Waals surface area contributed by atoms with Crippen molar-refractivity contribution in [1.82, 2.24) is 30.0 Å². The van der Waals surface area contributed by atoms with Crippen molar-refractivity contribution >= 4 is 41.0 Å². The summed E-state index contributed by atoms with van der Waals surface area (Å²) in [5.74, 6) is -0.0129. The Hall–Kier alpha value is -3.90. The lowest BCUT2D eigenvalue weighted by molar-refractivity contribution is 0.0500. The molecule has 0 spiro atoms. The van der Waals surface area contributed by atoms with Gasteiger partial charge >= 0.3 is 12.1 Å². The maximum Gasteiger partial charge on any atom is 0.407 e. The summed E-state index contributed by atoms with van der Waals surface area (Å²) < 4.78 is 12.4. The number of amides is 1. The predicted octanol–water partition coefficient (Wildman–Crippen LogP) is 4.68. The van der Waals surface area contributed by atoms with Gasteiger partial charge < -0.3 is 29.9 Å². The van der Waals surface area contributed by atoms with Gasteiger partial charge in [0.05, 0.1) is 23.0 Å². The molecule has 0 atom stereocenters. The molecule has 1 amide bonds. The van der Waals surface area contributed by atoms with Crippen LogP contribution in [0.1, 0.15) is 55.7 Å². The van der Waals surface area contributed by atoms with E-state index in [1.807, 2.05) is 45.2 Å². The van der Waals surface area contributed by atoms with E-state index in [0.29, 0.717) is 60.4 Å². The van der Waals surface area contributed by atoms with Gasteiger partial charge in [0.2, 0.25) is 5.95 Å². The molecule has 236 valence electrons. The molecule has 1 aliphatic heterocycles. The third-order valence-corrected chi connectivity index (χ3v) is 7.82. The van der Waals surface area contributed by atoms with Gasteiger partial charge in [-0.15, -0.1) is 0 Å². The number of carbonyl (C=O) groups excluding carboxylic acids is 2. The number of fused-ring (bicyclic) bond motifs is 3. The topological polar surface area (TPSA) is 127 Å². The van der Waals surface area contributed by atoms with Crippen molar-refractivity contribution in [2.24, 2.45) is 0 Å². The third-order valence-electron chi connectivity index (χ3n) is 7.52. The fourth-order valence-corrected chi connectivity index (χ4v) is 5.68. The van der Waals surface area contributed by atoms with E-state index in [1.165, 1.54) is 0 Å². The molecule has 0 unspecified atom stereocenters. The largest absolute Gasteiger partial charge is 0.461 e. The van der Waals surface area contributed by atoms with Gasteiger partial charge in [-0.2, -0.15) is 5.10 Å². The molecule has 1 saturated heterocycles. The number of rotatable bonds is 9. The Bertz CT molecular complexity index is 1510. The molecule has 2 aliphatic rings. The number of ether oxygens (including phenoxy) is 2. The van der Waals surface area contributed by atoms with Crippen LogP contribution in [0.15, 0.2) is 24.4 Å². The van der Waals surface area contributed by atoms with E-state index < -0.39 is 17.7 Å². The molecule has 0 saturated carbocycles. The lowest BCUT2D eigenvalue weighted by atomic mass is 9.93.